The van der Waals surface area contributed by atoms with Crippen molar-refractivity contribution in [1.82, 2.24) is 0 Å². The highest BCUT2D eigenvalue weighted by molar-refractivity contribution is 7.90. The van der Waals surface area contributed by atoms with Gasteiger partial charge in [-0.05, 0) is 24.2 Å². The van der Waals surface area contributed by atoms with Gasteiger partial charge >= 0.3 is 0 Å². The summed E-state index contributed by atoms with van der Waals surface area (Å²) < 4.78 is 22.9. The van der Waals surface area contributed by atoms with Crippen molar-refractivity contribution in [1.29, 1.82) is 0 Å². The quantitative estimate of drug-likeness (QED) is 0.721. The number of fused-ring (bicyclic) bond motifs is 2. The Morgan fingerprint density at radius 2 is 2.00 bits per heavy atom. The summed E-state index contributed by atoms with van der Waals surface area (Å²) in [4.78, 5) is 12.0. The Morgan fingerprint density at radius 3 is 2.33 bits per heavy atom. The molecule has 2 fully saturated rings. The van der Waals surface area contributed by atoms with E-state index in [1.54, 1.807) is 0 Å². The lowest BCUT2D eigenvalue weighted by atomic mass is 9.70. The van der Waals surface area contributed by atoms with Crippen molar-refractivity contribution in [2.24, 2.45) is 16.7 Å². The van der Waals surface area contributed by atoms with Gasteiger partial charge in [0.15, 0.2) is 0 Å². The third-order valence-corrected chi connectivity index (χ3v) is 5.66. The Kier molecular flexibility index (Phi) is 2.11. The van der Waals surface area contributed by atoms with Crippen LogP contribution in [-0.2, 0) is 14.6 Å². The number of Topliss-reactive ketones (excluding diaryl/α,β-unsaturated/α-hetero) is 1. The van der Waals surface area contributed by atoms with Crippen LogP contribution < -0.4 is 0 Å². The monoisotopic (exact) mass is 230 g/mol. The van der Waals surface area contributed by atoms with Crippen LogP contribution in [0.4, 0.5) is 0 Å². The van der Waals surface area contributed by atoms with Gasteiger partial charge in [-0.15, -0.1) is 0 Å². The first-order valence-corrected chi connectivity index (χ1v) is 7.46. The molecule has 2 rings (SSSR count). The summed E-state index contributed by atoms with van der Waals surface area (Å²) in [5, 5.41) is 0. The smallest absolute Gasteiger partial charge is 0.148 e. The number of rotatable bonds is 2. The van der Waals surface area contributed by atoms with Gasteiger partial charge in [-0.1, -0.05) is 13.8 Å². The molecule has 0 aromatic rings. The molecule has 0 spiro atoms. The molecule has 2 bridgehead atoms. The van der Waals surface area contributed by atoms with Crippen LogP contribution in [0.2, 0.25) is 0 Å². The molecule has 0 saturated heterocycles. The highest BCUT2D eigenvalue weighted by atomic mass is 32.2. The van der Waals surface area contributed by atoms with E-state index >= 15 is 0 Å². The minimum Gasteiger partial charge on any atom is -0.299 e. The van der Waals surface area contributed by atoms with Gasteiger partial charge in [0, 0.05) is 18.1 Å². The Balaban J connectivity index is 2.45. The standard InChI is InChI=1S/C11H18O3S/c1-10(2)8-4-5-11(10,9(12)6-8)7-15(3,13)14/h8H,4-7H2,1-3H3/t8-,11?/m1/s1. The van der Waals surface area contributed by atoms with Crippen molar-refractivity contribution >= 4 is 15.6 Å². The largest absolute Gasteiger partial charge is 0.299 e. The normalized spacial score (nSPS) is 38.6. The maximum Gasteiger partial charge on any atom is 0.148 e. The second-order valence-electron chi connectivity index (χ2n) is 5.74. The molecule has 0 aromatic heterocycles. The van der Waals surface area contributed by atoms with Crippen molar-refractivity contribution in [3.8, 4) is 0 Å². The van der Waals surface area contributed by atoms with Gasteiger partial charge in [0.25, 0.3) is 0 Å². The average molecular weight is 230 g/mol. The number of carbonyl (C=O) groups excluding carboxylic acids is 1. The number of sulfone groups is 1. The second kappa shape index (κ2) is 2.84. The predicted molar refractivity (Wildman–Crippen MR) is 58.3 cm³/mol. The Labute approximate surface area is 91.2 Å². The van der Waals surface area contributed by atoms with E-state index in [1.807, 2.05) is 0 Å². The summed E-state index contributed by atoms with van der Waals surface area (Å²) in [6.07, 6.45) is 3.59. The number of hydrogen-bond donors (Lipinski definition) is 0. The lowest BCUT2D eigenvalue weighted by Gasteiger charge is -2.35. The zero-order valence-electron chi connectivity index (χ0n) is 9.54. The zero-order valence-corrected chi connectivity index (χ0v) is 10.4. The number of hydrogen-bond acceptors (Lipinski definition) is 3. The van der Waals surface area contributed by atoms with Crippen LogP contribution in [0.3, 0.4) is 0 Å². The van der Waals surface area contributed by atoms with Crippen LogP contribution in [0.5, 0.6) is 0 Å². The first-order chi connectivity index (χ1) is 6.69. The van der Waals surface area contributed by atoms with Gasteiger partial charge in [0.2, 0.25) is 0 Å². The average Bonchev–Trinajstić information content (AvgIpc) is 2.34. The summed E-state index contributed by atoms with van der Waals surface area (Å²) in [6, 6.07) is 0. The van der Waals surface area contributed by atoms with Crippen molar-refractivity contribution in [3.63, 3.8) is 0 Å². The third-order valence-electron chi connectivity index (χ3n) is 4.65. The molecule has 0 heterocycles. The van der Waals surface area contributed by atoms with Crippen LogP contribution in [0, 0.1) is 16.7 Å². The second-order valence-corrected chi connectivity index (χ2v) is 7.88. The summed E-state index contributed by atoms with van der Waals surface area (Å²) in [7, 11) is -3.08. The van der Waals surface area contributed by atoms with Crippen LogP contribution in [0.15, 0.2) is 0 Å². The molecule has 0 amide bonds. The van der Waals surface area contributed by atoms with E-state index in [0.717, 1.165) is 12.8 Å². The van der Waals surface area contributed by atoms with Crippen molar-refractivity contribution in [2.45, 2.75) is 33.1 Å². The molecule has 2 aliphatic rings. The topological polar surface area (TPSA) is 51.2 Å². The summed E-state index contributed by atoms with van der Waals surface area (Å²) in [5.74, 6) is 0.614. The molecule has 1 unspecified atom stereocenters. The SMILES string of the molecule is CC1(C)[C@@H]2CCC1(CS(C)(=O)=O)C(=O)C2. The van der Waals surface area contributed by atoms with E-state index in [9.17, 15) is 13.2 Å². The van der Waals surface area contributed by atoms with E-state index in [2.05, 4.69) is 13.8 Å². The highest BCUT2D eigenvalue weighted by Gasteiger charge is 2.64. The predicted octanol–water partition coefficient (Wildman–Crippen LogP) is 1.43. The summed E-state index contributed by atoms with van der Waals surface area (Å²) in [5.41, 5.74) is -0.710. The first-order valence-electron chi connectivity index (χ1n) is 5.40. The minimum atomic E-state index is -3.08. The van der Waals surface area contributed by atoms with Crippen molar-refractivity contribution in [2.75, 3.05) is 12.0 Å². The van der Waals surface area contributed by atoms with Crippen LogP contribution in [0.1, 0.15) is 33.1 Å². The highest BCUT2D eigenvalue weighted by Crippen LogP contribution is 2.64. The van der Waals surface area contributed by atoms with Crippen LogP contribution in [0.25, 0.3) is 0 Å². The van der Waals surface area contributed by atoms with E-state index in [-0.39, 0.29) is 17.0 Å². The summed E-state index contributed by atoms with van der Waals surface area (Å²) >= 11 is 0. The van der Waals surface area contributed by atoms with Crippen LogP contribution in [-0.4, -0.2) is 26.2 Å². The Morgan fingerprint density at radius 1 is 1.40 bits per heavy atom. The van der Waals surface area contributed by atoms with Gasteiger partial charge in [-0.25, -0.2) is 8.42 Å². The molecule has 2 aliphatic carbocycles. The van der Waals surface area contributed by atoms with E-state index in [4.69, 9.17) is 0 Å². The molecule has 15 heavy (non-hydrogen) atoms. The molecule has 2 atom stereocenters. The minimum absolute atomic E-state index is 0.0440. The molecule has 2 saturated carbocycles. The van der Waals surface area contributed by atoms with Gasteiger partial charge in [-0.2, -0.15) is 0 Å². The lowest BCUT2D eigenvalue weighted by molar-refractivity contribution is -0.128. The molecule has 0 aromatic carbocycles. The third kappa shape index (κ3) is 1.37. The molecular formula is C11H18O3S. The fourth-order valence-electron chi connectivity index (χ4n) is 3.56. The number of ketones is 1. The maximum atomic E-state index is 12.0. The zero-order chi connectivity index (χ0) is 11.5. The van der Waals surface area contributed by atoms with Crippen LogP contribution >= 0.6 is 0 Å². The molecule has 3 nitrogen and oxygen atoms in total. The number of carbonyl (C=O) groups is 1. The maximum absolute atomic E-state index is 12.0. The summed E-state index contributed by atoms with van der Waals surface area (Å²) in [6.45, 7) is 4.11. The van der Waals surface area contributed by atoms with Crippen molar-refractivity contribution < 1.29 is 13.2 Å². The van der Waals surface area contributed by atoms with Gasteiger partial charge in [-0.3, -0.25) is 4.79 Å². The van der Waals surface area contributed by atoms with E-state index in [1.165, 1.54) is 6.26 Å². The Hall–Kier alpha value is -0.380. The van der Waals surface area contributed by atoms with Gasteiger partial charge in [0.1, 0.15) is 15.6 Å². The molecule has 4 heteroatoms. The first kappa shape index (κ1) is 11.1. The lowest BCUT2D eigenvalue weighted by Crippen LogP contribution is -2.41. The Bertz CT molecular complexity index is 408. The van der Waals surface area contributed by atoms with Crippen molar-refractivity contribution in [3.05, 3.63) is 0 Å². The molecule has 0 aliphatic heterocycles. The molecule has 0 N–H and O–H groups in total. The van der Waals surface area contributed by atoms with E-state index in [0.29, 0.717) is 12.3 Å². The molecule has 0 radical (unpaired) electrons. The van der Waals surface area contributed by atoms with Gasteiger partial charge in [0.05, 0.1) is 5.75 Å². The fraction of sp³-hybridized carbons (Fsp3) is 0.909. The van der Waals surface area contributed by atoms with E-state index < -0.39 is 15.3 Å². The van der Waals surface area contributed by atoms with Gasteiger partial charge < -0.3 is 0 Å². The fourth-order valence-corrected chi connectivity index (χ4v) is 5.13. The molecular weight excluding hydrogens is 212 g/mol. The molecule has 86 valence electrons.